The van der Waals surface area contributed by atoms with E-state index in [9.17, 15) is 4.79 Å². The van der Waals surface area contributed by atoms with Crippen molar-refractivity contribution in [2.45, 2.75) is 33.7 Å². The van der Waals surface area contributed by atoms with Crippen molar-refractivity contribution in [2.75, 3.05) is 13.1 Å². The van der Waals surface area contributed by atoms with Gasteiger partial charge in [0.05, 0.1) is 0 Å². The van der Waals surface area contributed by atoms with Crippen molar-refractivity contribution in [3.63, 3.8) is 0 Å². The SMILES string of the molecule is CC1CCN(Cc2ccc3oc(C(=O)O)cc3c2)CC1(C)C. The van der Waals surface area contributed by atoms with Crippen LogP contribution in [-0.2, 0) is 6.54 Å². The lowest BCUT2D eigenvalue weighted by atomic mass is 9.75. The monoisotopic (exact) mass is 301 g/mol. The Morgan fingerprint density at radius 2 is 2.18 bits per heavy atom. The van der Waals surface area contributed by atoms with Gasteiger partial charge in [-0.3, -0.25) is 4.90 Å². The maximum Gasteiger partial charge on any atom is 0.371 e. The number of furan rings is 1. The van der Waals surface area contributed by atoms with E-state index < -0.39 is 5.97 Å². The molecule has 4 heteroatoms. The van der Waals surface area contributed by atoms with Gasteiger partial charge in [-0.25, -0.2) is 4.79 Å². The molecule has 1 unspecified atom stereocenters. The van der Waals surface area contributed by atoms with Gasteiger partial charge < -0.3 is 9.52 Å². The summed E-state index contributed by atoms with van der Waals surface area (Å²) in [7, 11) is 0. The van der Waals surface area contributed by atoms with Gasteiger partial charge in [-0.15, -0.1) is 0 Å². The first-order valence-corrected chi connectivity index (χ1v) is 7.83. The number of piperidine rings is 1. The molecule has 0 spiro atoms. The zero-order chi connectivity index (χ0) is 15.9. The molecule has 1 saturated heterocycles. The van der Waals surface area contributed by atoms with Gasteiger partial charge in [-0.05, 0) is 48.1 Å². The normalized spacial score (nSPS) is 22.0. The molecule has 0 saturated carbocycles. The number of carboxylic acid groups (broad SMARTS) is 1. The van der Waals surface area contributed by atoms with E-state index in [-0.39, 0.29) is 5.76 Å². The number of carboxylic acids is 1. The van der Waals surface area contributed by atoms with Gasteiger partial charge in [-0.1, -0.05) is 26.8 Å². The molecule has 2 aromatic rings. The number of rotatable bonds is 3. The molecule has 22 heavy (non-hydrogen) atoms. The average Bonchev–Trinajstić information content (AvgIpc) is 2.86. The first-order chi connectivity index (χ1) is 10.3. The lowest BCUT2D eigenvalue weighted by molar-refractivity contribution is 0.0599. The molecule has 1 aliphatic rings. The van der Waals surface area contributed by atoms with Crippen LogP contribution in [-0.4, -0.2) is 29.1 Å². The summed E-state index contributed by atoms with van der Waals surface area (Å²) in [6.07, 6.45) is 1.23. The summed E-state index contributed by atoms with van der Waals surface area (Å²) in [6.45, 7) is 10.1. The van der Waals surface area contributed by atoms with E-state index in [1.54, 1.807) is 6.07 Å². The van der Waals surface area contributed by atoms with Crippen LogP contribution >= 0.6 is 0 Å². The van der Waals surface area contributed by atoms with E-state index in [2.05, 4.69) is 25.7 Å². The van der Waals surface area contributed by atoms with Gasteiger partial charge in [0.2, 0.25) is 5.76 Å². The van der Waals surface area contributed by atoms with Crippen molar-refractivity contribution in [1.29, 1.82) is 0 Å². The molecule has 1 aromatic carbocycles. The molecular weight excluding hydrogens is 278 g/mol. The molecule has 0 radical (unpaired) electrons. The van der Waals surface area contributed by atoms with E-state index >= 15 is 0 Å². The van der Waals surface area contributed by atoms with E-state index in [1.165, 1.54) is 12.0 Å². The number of fused-ring (bicyclic) bond motifs is 1. The molecule has 1 atom stereocenters. The second-order valence-electron chi connectivity index (χ2n) is 7.18. The number of nitrogens with zero attached hydrogens (tertiary/aromatic N) is 1. The minimum atomic E-state index is -1.02. The van der Waals surface area contributed by atoms with Crippen LogP contribution in [0.1, 0.15) is 43.3 Å². The predicted octanol–water partition coefficient (Wildman–Crippen LogP) is 4.00. The quantitative estimate of drug-likeness (QED) is 0.931. The average molecular weight is 301 g/mol. The van der Waals surface area contributed by atoms with Gasteiger partial charge in [0.25, 0.3) is 0 Å². The number of aromatic carboxylic acids is 1. The third-order valence-corrected chi connectivity index (χ3v) is 5.04. The molecule has 1 fully saturated rings. The summed E-state index contributed by atoms with van der Waals surface area (Å²) >= 11 is 0. The zero-order valence-corrected chi connectivity index (χ0v) is 13.4. The fraction of sp³-hybridized carbons (Fsp3) is 0.500. The fourth-order valence-corrected chi connectivity index (χ4v) is 3.27. The van der Waals surface area contributed by atoms with Gasteiger partial charge >= 0.3 is 5.97 Å². The molecule has 0 amide bonds. The van der Waals surface area contributed by atoms with Crippen LogP contribution in [0, 0.1) is 11.3 Å². The van der Waals surface area contributed by atoms with Crippen LogP contribution in [0.25, 0.3) is 11.0 Å². The van der Waals surface area contributed by atoms with Crippen molar-refractivity contribution in [1.82, 2.24) is 4.90 Å². The van der Waals surface area contributed by atoms with Crippen LogP contribution in [0.2, 0.25) is 0 Å². The maximum absolute atomic E-state index is 11.0. The third kappa shape index (κ3) is 2.88. The Labute approximate surface area is 130 Å². The highest BCUT2D eigenvalue weighted by Crippen LogP contribution is 2.35. The highest BCUT2D eigenvalue weighted by molar-refractivity contribution is 5.91. The van der Waals surface area contributed by atoms with Crippen molar-refractivity contribution in [3.05, 3.63) is 35.6 Å². The third-order valence-electron chi connectivity index (χ3n) is 5.04. The van der Waals surface area contributed by atoms with Crippen LogP contribution in [0.4, 0.5) is 0 Å². The highest BCUT2D eigenvalue weighted by atomic mass is 16.4. The minimum absolute atomic E-state index is 0.0000747. The number of hydrogen-bond donors (Lipinski definition) is 1. The first kappa shape index (κ1) is 15.1. The molecule has 1 aliphatic heterocycles. The molecule has 2 heterocycles. The summed E-state index contributed by atoms with van der Waals surface area (Å²) in [5.74, 6) is -0.275. The molecule has 0 aliphatic carbocycles. The van der Waals surface area contributed by atoms with Gasteiger partial charge in [-0.2, -0.15) is 0 Å². The molecule has 1 aromatic heterocycles. The van der Waals surface area contributed by atoms with Crippen molar-refractivity contribution >= 4 is 16.9 Å². The molecular formula is C18H23NO3. The molecule has 118 valence electrons. The molecule has 3 rings (SSSR count). The Hall–Kier alpha value is -1.81. The fourth-order valence-electron chi connectivity index (χ4n) is 3.27. The summed E-state index contributed by atoms with van der Waals surface area (Å²) in [6, 6.07) is 7.54. The van der Waals surface area contributed by atoms with Crippen LogP contribution in [0.5, 0.6) is 0 Å². The minimum Gasteiger partial charge on any atom is -0.475 e. The van der Waals surface area contributed by atoms with E-state index in [1.807, 2.05) is 18.2 Å². The van der Waals surface area contributed by atoms with Gasteiger partial charge in [0.1, 0.15) is 5.58 Å². The number of hydrogen-bond acceptors (Lipinski definition) is 3. The smallest absolute Gasteiger partial charge is 0.371 e. The number of benzene rings is 1. The van der Waals surface area contributed by atoms with E-state index in [4.69, 9.17) is 9.52 Å². The van der Waals surface area contributed by atoms with Crippen LogP contribution in [0.3, 0.4) is 0 Å². The standard InChI is InChI=1S/C18H23NO3/c1-12-6-7-19(11-18(12,2)3)10-13-4-5-15-14(8-13)9-16(22-15)17(20)21/h4-5,8-9,12H,6-7,10-11H2,1-3H3,(H,20,21). The number of carbonyl (C=O) groups is 1. The molecule has 4 nitrogen and oxygen atoms in total. The van der Waals surface area contributed by atoms with Crippen molar-refractivity contribution in [3.8, 4) is 0 Å². The highest BCUT2D eigenvalue weighted by Gasteiger charge is 2.32. The zero-order valence-electron chi connectivity index (χ0n) is 13.4. The van der Waals surface area contributed by atoms with Crippen molar-refractivity contribution < 1.29 is 14.3 Å². The second-order valence-corrected chi connectivity index (χ2v) is 7.18. The van der Waals surface area contributed by atoms with Crippen molar-refractivity contribution in [2.24, 2.45) is 11.3 Å². The molecule has 0 bridgehead atoms. The summed E-state index contributed by atoms with van der Waals surface area (Å²) < 4.78 is 5.31. The summed E-state index contributed by atoms with van der Waals surface area (Å²) in [5.41, 5.74) is 2.18. The Balaban J connectivity index is 1.78. The first-order valence-electron chi connectivity index (χ1n) is 7.83. The van der Waals surface area contributed by atoms with Gasteiger partial charge in [0, 0.05) is 18.5 Å². The second kappa shape index (κ2) is 5.43. The Morgan fingerprint density at radius 1 is 1.41 bits per heavy atom. The van der Waals surface area contributed by atoms with Crippen LogP contribution in [0.15, 0.2) is 28.7 Å². The van der Waals surface area contributed by atoms with E-state index in [0.717, 1.165) is 30.9 Å². The number of likely N-dealkylation sites (tertiary alicyclic amines) is 1. The van der Waals surface area contributed by atoms with Crippen LogP contribution < -0.4 is 0 Å². The lowest BCUT2D eigenvalue weighted by Crippen LogP contribution is -2.44. The van der Waals surface area contributed by atoms with E-state index in [0.29, 0.717) is 11.0 Å². The van der Waals surface area contributed by atoms with Gasteiger partial charge in [0.15, 0.2) is 0 Å². The Morgan fingerprint density at radius 3 is 2.86 bits per heavy atom. The predicted molar refractivity (Wildman–Crippen MR) is 86.0 cm³/mol. The molecule has 1 N–H and O–H groups in total. The maximum atomic E-state index is 11.0. The topological polar surface area (TPSA) is 53.7 Å². The lowest BCUT2D eigenvalue weighted by Gasteiger charge is -2.43. The summed E-state index contributed by atoms with van der Waals surface area (Å²) in [5, 5.41) is 9.86. The summed E-state index contributed by atoms with van der Waals surface area (Å²) in [4.78, 5) is 13.5. The Bertz CT molecular complexity index is 701. The largest absolute Gasteiger partial charge is 0.475 e. The Kier molecular flexibility index (Phi) is 3.73.